The second-order valence-electron chi connectivity index (χ2n) is 2.96. The first kappa shape index (κ1) is 18.4. The molecule has 0 amide bonds. The summed E-state index contributed by atoms with van der Waals surface area (Å²) in [5.74, 6) is 0. The Morgan fingerprint density at radius 2 is 1.28 bits per heavy atom. The van der Waals surface area contributed by atoms with Crippen LogP contribution in [-0.4, -0.2) is 27.2 Å². The molecule has 0 aromatic rings. The van der Waals surface area contributed by atoms with Gasteiger partial charge >= 0.3 is 27.0 Å². The first-order valence-corrected chi connectivity index (χ1v) is 8.98. The van der Waals surface area contributed by atoms with Gasteiger partial charge < -0.3 is 9.79 Å². The van der Waals surface area contributed by atoms with Gasteiger partial charge in [-0.25, -0.2) is 9.13 Å². The molecule has 12 heteroatoms. The lowest BCUT2D eigenvalue weighted by Crippen LogP contribution is -2.04. The van der Waals surface area contributed by atoms with Crippen molar-refractivity contribution in [2.24, 2.45) is 0 Å². The molecule has 0 rings (SSSR count). The first-order chi connectivity index (χ1) is 8.22. The summed E-state index contributed by atoms with van der Waals surface area (Å²) in [6.07, 6.45) is 0.860. The Labute approximate surface area is 107 Å². The second kappa shape index (κ2) is 8.52. The SMILES string of the molecule is CCCOP(=O)(O)OS(=O)OP(=O)(O)OCCC. The molecule has 2 atom stereocenters. The Balaban J connectivity index is 4.25. The zero-order valence-electron chi connectivity index (χ0n) is 9.88. The minimum absolute atomic E-state index is 0.103. The topological polar surface area (TPSA) is 129 Å². The molecule has 0 spiro atoms. The average molecular weight is 326 g/mol. The maximum atomic E-state index is 11.1. The molecule has 0 heterocycles. The molecule has 110 valence electrons. The van der Waals surface area contributed by atoms with Crippen molar-refractivity contribution in [1.82, 2.24) is 0 Å². The van der Waals surface area contributed by atoms with E-state index >= 15 is 0 Å². The largest absolute Gasteiger partial charge is 0.487 e. The van der Waals surface area contributed by atoms with Crippen LogP contribution in [0.5, 0.6) is 0 Å². The molecule has 0 saturated heterocycles. The lowest BCUT2D eigenvalue weighted by atomic mass is 10.5. The molecule has 0 fully saturated rings. The van der Waals surface area contributed by atoms with E-state index in [9.17, 15) is 13.3 Å². The monoisotopic (exact) mass is 326 g/mol. The summed E-state index contributed by atoms with van der Waals surface area (Å²) in [5, 5.41) is 0. The Bertz CT molecular complexity index is 327. The van der Waals surface area contributed by atoms with Gasteiger partial charge in [0.05, 0.1) is 13.2 Å². The van der Waals surface area contributed by atoms with Gasteiger partial charge in [0.15, 0.2) is 0 Å². The van der Waals surface area contributed by atoms with Gasteiger partial charge in [0, 0.05) is 0 Å². The third kappa shape index (κ3) is 9.32. The van der Waals surface area contributed by atoms with Gasteiger partial charge in [-0.3, -0.25) is 9.05 Å². The predicted molar refractivity (Wildman–Crippen MR) is 62.4 cm³/mol. The third-order valence-corrected chi connectivity index (χ3v) is 4.73. The third-order valence-electron chi connectivity index (χ3n) is 1.23. The molecule has 0 aromatic heterocycles. The summed E-state index contributed by atoms with van der Waals surface area (Å²) in [4.78, 5) is 18.0. The summed E-state index contributed by atoms with van der Waals surface area (Å²) in [6, 6.07) is 0. The Morgan fingerprint density at radius 3 is 1.56 bits per heavy atom. The van der Waals surface area contributed by atoms with Gasteiger partial charge in [-0.15, -0.1) is 0 Å². The summed E-state index contributed by atoms with van der Waals surface area (Å²) in [6.45, 7) is 3.14. The van der Waals surface area contributed by atoms with Gasteiger partial charge in [-0.1, -0.05) is 13.8 Å². The highest BCUT2D eigenvalue weighted by atomic mass is 32.2. The van der Waals surface area contributed by atoms with Crippen molar-refractivity contribution in [3.8, 4) is 0 Å². The quantitative estimate of drug-likeness (QED) is 0.576. The average Bonchev–Trinajstić information content (AvgIpc) is 2.22. The summed E-state index contributed by atoms with van der Waals surface area (Å²) >= 11 is -2.94. The van der Waals surface area contributed by atoms with Crippen molar-refractivity contribution >= 4 is 27.0 Å². The van der Waals surface area contributed by atoms with Crippen LogP contribution in [0.4, 0.5) is 0 Å². The highest BCUT2D eigenvalue weighted by Gasteiger charge is 2.32. The van der Waals surface area contributed by atoms with Gasteiger partial charge in [0.2, 0.25) is 0 Å². The fraction of sp³-hybridized carbons (Fsp3) is 1.00. The van der Waals surface area contributed by atoms with Crippen molar-refractivity contribution in [3.05, 3.63) is 0 Å². The lowest BCUT2D eigenvalue weighted by molar-refractivity contribution is 0.190. The van der Waals surface area contributed by atoms with E-state index in [-0.39, 0.29) is 13.2 Å². The maximum absolute atomic E-state index is 11.1. The van der Waals surface area contributed by atoms with Gasteiger partial charge in [-0.05, 0) is 12.8 Å². The summed E-state index contributed by atoms with van der Waals surface area (Å²) in [7, 11) is -9.18. The minimum Gasteiger partial charge on any atom is -0.302 e. The number of hydrogen-bond acceptors (Lipinski definition) is 7. The zero-order valence-corrected chi connectivity index (χ0v) is 12.5. The highest BCUT2D eigenvalue weighted by molar-refractivity contribution is 7.84. The normalized spacial score (nSPS) is 20.0. The van der Waals surface area contributed by atoms with Crippen molar-refractivity contribution in [2.45, 2.75) is 26.7 Å². The van der Waals surface area contributed by atoms with E-state index in [1.165, 1.54) is 0 Å². The summed E-state index contributed by atoms with van der Waals surface area (Å²) < 4.78 is 49.9. The second-order valence-corrected chi connectivity index (χ2v) is 6.95. The van der Waals surface area contributed by atoms with Crippen LogP contribution in [0.25, 0.3) is 0 Å². The highest BCUT2D eigenvalue weighted by Crippen LogP contribution is 2.49. The molecule has 0 aromatic carbocycles. The number of hydrogen-bond donors (Lipinski definition) is 2. The van der Waals surface area contributed by atoms with Crippen LogP contribution in [0.2, 0.25) is 0 Å². The Kier molecular flexibility index (Phi) is 8.70. The van der Waals surface area contributed by atoms with E-state index in [0.29, 0.717) is 12.8 Å². The number of rotatable bonds is 10. The summed E-state index contributed by atoms with van der Waals surface area (Å²) in [5.41, 5.74) is 0. The predicted octanol–water partition coefficient (Wildman–Crippen LogP) is 1.65. The van der Waals surface area contributed by atoms with E-state index in [1.54, 1.807) is 13.8 Å². The Hall–Kier alpha value is 0.370. The lowest BCUT2D eigenvalue weighted by Gasteiger charge is -2.12. The van der Waals surface area contributed by atoms with Gasteiger partial charge in [0.1, 0.15) is 0 Å². The van der Waals surface area contributed by atoms with Crippen molar-refractivity contribution in [2.75, 3.05) is 13.2 Å². The van der Waals surface area contributed by atoms with Crippen LogP contribution in [-0.2, 0) is 37.5 Å². The molecule has 0 aliphatic carbocycles. The molecule has 0 bridgehead atoms. The smallest absolute Gasteiger partial charge is 0.302 e. The van der Waals surface area contributed by atoms with E-state index in [4.69, 9.17) is 9.79 Å². The molecule has 18 heavy (non-hydrogen) atoms. The van der Waals surface area contributed by atoms with E-state index in [2.05, 4.69) is 17.0 Å². The van der Waals surface area contributed by atoms with Crippen LogP contribution in [0.15, 0.2) is 0 Å². The molecular weight excluding hydrogens is 310 g/mol. The van der Waals surface area contributed by atoms with Crippen LogP contribution in [0.1, 0.15) is 26.7 Å². The molecule has 0 radical (unpaired) electrons. The zero-order chi connectivity index (χ0) is 14.2. The number of phosphoric ester groups is 2. The van der Waals surface area contributed by atoms with Crippen LogP contribution in [0, 0.1) is 0 Å². The molecular formula is C6H16O9P2S. The molecule has 0 saturated carbocycles. The minimum atomic E-state index is -4.59. The van der Waals surface area contributed by atoms with Crippen molar-refractivity contribution in [3.63, 3.8) is 0 Å². The molecule has 2 unspecified atom stereocenters. The molecule has 2 N–H and O–H groups in total. The maximum Gasteiger partial charge on any atom is 0.487 e. The van der Waals surface area contributed by atoms with Crippen LogP contribution in [0.3, 0.4) is 0 Å². The fourth-order valence-electron chi connectivity index (χ4n) is 0.624. The van der Waals surface area contributed by atoms with E-state index in [0.717, 1.165) is 0 Å². The van der Waals surface area contributed by atoms with Gasteiger partial charge in [0.25, 0.3) is 0 Å². The van der Waals surface area contributed by atoms with Crippen molar-refractivity contribution in [1.29, 1.82) is 0 Å². The Morgan fingerprint density at radius 1 is 0.944 bits per heavy atom. The molecule has 0 aliphatic rings. The number of phosphoric acid groups is 2. The molecule has 0 aliphatic heterocycles. The standard InChI is InChI=1S/C6H16O9P2S/c1-3-5-12-16(7,8)14-18(11)15-17(9,10)13-6-4-2/h3-6H2,1-2H3,(H,7,8)(H,9,10). The molecule has 9 nitrogen and oxygen atoms in total. The van der Waals surface area contributed by atoms with E-state index < -0.39 is 27.0 Å². The van der Waals surface area contributed by atoms with Crippen LogP contribution < -0.4 is 0 Å². The van der Waals surface area contributed by atoms with Gasteiger partial charge in [-0.2, -0.15) is 12.1 Å². The first-order valence-electron chi connectivity index (χ1n) is 4.99. The van der Waals surface area contributed by atoms with Crippen molar-refractivity contribution < 1.29 is 40.1 Å². The van der Waals surface area contributed by atoms with Crippen LogP contribution >= 0.6 is 15.6 Å². The fourth-order valence-corrected chi connectivity index (χ4v) is 3.38. The van der Waals surface area contributed by atoms with E-state index in [1.807, 2.05) is 0 Å².